The highest BCUT2D eigenvalue weighted by atomic mass is 16.4. The largest absolute Gasteiger partial charge is 0.477 e. The molecule has 0 saturated carbocycles. The maximum atomic E-state index is 11.0. The zero-order valence-electron chi connectivity index (χ0n) is 20.3. The summed E-state index contributed by atoms with van der Waals surface area (Å²) < 4.78 is 0. The molecular weight excluding hydrogens is 420 g/mol. The minimum Gasteiger partial charge on any atom is -0.477 e. The molecule has 1 N–H and O–H groups in total. The quantitative estimate of drug-likeness (QED) is 0.154. The maximum absolute atomic E-state index is 11.0. The van der Waals surface area contributed by atoms with Crippen molar-refractivity contribution < 1.29 is 9.90 Å². The average Bonchev–Trinajstić information content (AvgIpc) is 3.00. The number of carbonyl (C=O) groups is 1. The van der Waals surface area contributed by atoms with E-state index in [0.29, 0.717) is 0 Å². The molecule has 0 aromatic heterocycles. The van der Waals surface area contributed by atoms with Crippen LogP contribution >= 0.6 is 0 Å². The van der Waals surface area contributed by atoms with Gasteiger partial charge in [0.2, 0.25) is 0 Å². The molecule has 2 aromatic rings. The molecule has 0 fully saturated rings. The number of nitrogens with zero attached hydrogens (tertiary/aromatic N) is 2. The van der Waals surface area contributed by atoms with Crippen molar-refractivity contribution in [3.8, 4) is 6.07 Å². The number of para-hydroxylation sites is 1. The van der Waals surface area contributed by atoms with Gasteiger partial charge in [0.05, 0.1) is 0 Å². The molecule has 0 radical (unpaired) electrons. The molecule has 1 aliphatic rings. The number of carboxylic acid groups (broad SMARTS) is 1. The highest BCUT2D eigenvalue weighted by Crippen LogP contribution is 2.37. The van der Waals surface area contributed by atoms with Crippen LogP contribution in [-0.2, 0) is 17.6 Å². The fourth-order valence-electron chi connectivity index (χ4n) is 4.61. The summed E-state index contributed by atoms with van der Waals surface area (Å²) in [4.78, 5) is 13.5. The van der Waals surface area contributed by atoms with E-state index in [1.54, 1.807) is 12.1 Å². The third-order valence-corrected chi connectivity index (χ3v) is 6.48. The number of fused-ring (bicyclic) bond motifs is 2. The van der Waals surface area contributed by atoms with Crippen LogP contribution in [0.25, 0.3) is 6.08 Å². The van der Waals surface area contributed by atoms with Crippen LogP contribution in [-0.4, -0.2) is 17.6 Å². The predicted molar refractivity (Wildman–Crippen MR) is 140 cm³/mol. The Morgan fingerprint density at radius 3 is 2.38 bits per heavy atom. The summed E-state index contributed by atoms with van der Waals surface area (Å²) in [5, 5.41) is 17.9. The predicted octanol–water partition coefficient (Wildman–Crippen LogP) is 7.61. The first-order valence-corrected chi connectivity index (χ1v) is 12.6. The number of carboxylic acids is 1. The topological polar surface area (TPSA) is 64.3 Å². The highest BCUT2D eigenvalue weighted by molar-refractivity contribution is 5.91. The molecule has 0 spiro atoms. The first-order chi connectivity index (χ1) is 16.6. The van der Waals surface area contributed by atoms with Gasteiger partial charge in [-0.3, -0.25) is 0 Å². The summed E-state index contributed by atoms with van der Waals surface area (Å²) in [7, 11) is 0. The summed E-state index contributed by atoms with van der Waals surface area (Å²) in [6, 6.07) is 16.9. The summed E-state index contributed by atoms with van der Waals surface area (Å²) in [6.07, 6.45) is 17.3. The van der Waals surface area contributed by atoms with E-state index < -0.39 is 5.97 Å². The SMILES string of the molecule is CCCCCCCCCCN1c2ccccc2CCc2cc(/C=C/C=C(/C#N)C(=O)O)ccc21. The lowest BCUT2D eigenvalue weighted by molar-refractivity contribution is -0.132. The van der Waals surface area contributed by atoms with Gasteiger partial charge in [-0.1, -0.05) is 88.3 Å². The zero-order valence-corrected chi connectivity index (χ0v) is 20.3. The molecular formula is C30H36N2O2. The van der Waals surface area contributed by atoms with E-state index >= 15 is 0 Å². The minimum absolute atomic E-state index is 0.266. The lowest BCUT2D eigenvalue weighted by atomic mass is 10.0. The lowest BCUT2D eigenvalue weighted by Gasteiger charge is -2.27. The first-order valence-electron chi connectivity index (χ1n) is 12.6. The summed E-state index contributed by atoms with van der Waals surface area (Å²) in [6.45, 7) is 3.28. The van der Waals surface area contributed by atoms with Crippen molar-refractivity contribution >= 4 is 23.4 Å². The number of unbranched alkanes of at least 4 members (excludes halogenated alkanes) is 7. The molecule has 0 unspecified atom stereocenters. The molecule has 0 saturated heterocycles. The van der Waals surface area contributed by atoms with Crippen molar-refractivity contribution in [2.75, 3.05) is 11.4 Å². The Morgan fingerprint density at radius 1 is 0.971 bits per heavy atom. The van der Waals surface area contributed by atoms with Crippen LogP contribution in [0.2, 0.25) is 0 Å². The van der Waals surface area contributed by atoms with Crippen molar-refractivity contribution in [2.24, 2.45) is 0 Å². The second-order valence-corrected chi connectivity index (χ2v) is 9.00. The van der Waals surface area contributed by atoms with Crippen molar-refractivity contribution in [3.63, 3.8) is 0 Å². The van der Waals surface area contributed by atoms with Crippen LogP contribution in [0, 0.1) is 11.3 Å². The van der Waals surface area contributed by atoms with Gasteiger partial charge < -0.3 is 10.0 Å². The van der Waals surface area contributed by atoms with Crippen molar-refractivity contribution in [2.45, 2.75) is 71.1 Å². The number of hydrogen-bond donors (Lipinski definition) is 1. The maximum Gasteiger partial charge on any atom is 0.346 e. The van der Waals surface area contributed by atoms with Gasteiger partial charge in [-0.25, -0.2) is 4.79 Å². The van der Waals surface area contributed by atoms with E-state index in [1.807, 2.05) is 6.08 Å². The number of hydrogen-bond acceptors (Lipinski definition) is 3. The van der Waals surface area contributed by atoms with Crippen LogP contribution < -0.4 is 4.90 Å². The Hall–Kier alpha value is -3.32. The van der Waals surface area contributed by atoms with Gasteiger partial charge in [-0.05, 0) is 60.2 Å². The van der Waals surface area contributed by atoms with Gasteiger partial charge >= 0.3 is 5.97 Å². The van der Waals surface area contributed by atoms with E-state index in [9.17, 15) is 4.79 Å². The Kier molecular flexibility index (Phi) is 9.98. The van der Waals surface area contributed by atoms with Crippen LogP contribution in [0.4, 0.5) is 11.4 Å². The second-order valence-electron chi connectivity index (χ2n) is 9.00. The number of nitriles is 1. The Bertz CT molecular complexity index is 1060. The fraction of sp³-hybridized carbons (Fsp3) is 0.400. The van der Waals surface area contributed by atoms with Crippen molar-refractivity contribution in [1.29, 1.82) is 5.26 Å². The number of benzene rings is 2. The Morgan fingerprint density at radius 2 is 1.65 bits per heavy atom. The molecule has 1 aliphatic heterocycles. The summed E-state index contributed by atoms with van der Waals surface area (Å²) >= 11 is 0. The molecule has 0 aliphatic carbocycles. The molecule has 4 heteroatoms. The van der Waals surface area contributed by atoms with Crippen molar-refractivity contribution in [1.82, 2.24) is 0 Å². The summed E-state index contributed by atoms with van der Waals surface area (Å²) in [5.41, 5.74) is 6.02. The fourth-order valence-corrected chi connectivity index (χ4v) is 4.61. The molecule has 3 rings (SSSR count). The third kappa shape index (κ3) is 7.09. The highest BCUT2D eigenvalue weighted by Gasteiger charge is 2.20. The number of allylic oxidation sites excluding steroid dienone is 2. The first kappa shape index (κ1) is 25.3. The average molecular weight is 457 g/mol. The van der Waals surface area contributed by atoms with Crippen LogP contribution in [0.3, 0.4) is 0 Å². The molecule has 178 valence electrons. The zero-order chi connectivity index (χ0) is 24.2. The smallest absolute Gasteiger partial charge is 0.346 e. The molecule has 34 heavy (non-hydrogen) atoms. The van der Waals surface area contributed by atoms with E-state index in [2.05, 4.69) is 54.3 Å². The van der Waals surface area contributed by atoms with Crippen LogP contribution in [0.1, 0.15) is 75.0 Å². The molecule has 1 heterocycles. The van der Waals surface area contributed by atoms with E-state index in [4.69, 9.17) is 10.4 Å². The molecule has 4 nitrogen and oxygen atoms in total. The van der Waals surface area contributed by atoms with Gasteiger partial charge in [-0.2, -0.15) is 5.26 Å². The van der Waals surface area contributed by atoms with Gasteiger partial charge in [0.15, 0.2) is 0 Å². The summed E-state index contributed by atoms with van der Waals surface area (Å²) in [5.74, 6) is -1.21. The van der Waals surface area contributed by atoms with E-state index in [1.165, 1.54) is 79.9 Å². The number of aryl methyl sites for hydroxylation is 2. The van der Waals surface area contributed by atoms with Crippen molar-refractivity contribution in [3.05, 3.63) is 76.9 Å². The van der Waals surface area contributed by atoms with E-state index in [-0.39, 0.29) is 5.57 Å². The Balaban J connectivity index is 1.73. The molecule has 0 atom stereocenters. The molecule has 2 aromatic carbocycles. The van der Waals surface area contributed by atoms with Crippen LogP contribution in [0.5, 0.6) is 0 Å². The molecule has 0 amide bonds. The van der Waals surface area contributed by atoms with Crippen LogP contribution in [0.15, 0.2) is 60.2 Å². The normalized spacial score (nSPS) is 13.3. The Labute approximate surface area is 204 Å². The molecule has 0 bridgehead atoms. The second kappa shape index (κ2) is 13.4. The van der Waals surface area contributed by atoms with Gasteiger partial charge in [-0.15, -0.1) is 0 Å². The van der Waals surface area contributed by atoms with E-state index in [0.717, 1.165) is 24.9 Å². The number of anilines is 2. The monoisotopic (exact) mass is 456 g/mol. The van der Waals surface area contributed by atoms with Gasteiger partial charge in [0, 0.05) is 17.9 Å². The van der Waals surface area contributed by atoms with Gasteiger partial charge in [0.25, 0.3) is 0 Å². The number of rotatable bonds is 12. The lowest BCUT2D eigenvalue weighted by Crippen LogP contribution is -2.19. The minimum atomic E-state index is -1.21. The standard InChI is InChI=1S/C30H36N2O2/c1-2-3-4-5-6-7-8-11-21-32-28-16-10-9-14-25(28)18-19-26-22-24(17-20-29(26)32)13-12-15-27(23-31)30(33)34/h9-10,12-17,20,22H,2-8,11,18-19,21H2,1H3,(H,33,34)/b13-12+,27-15-. The number of aliphatic carboxylic acids is 1. The third-order valence-electron chi connectivity index (χ3n) is 6.48. The van der Waals surface area contributed by atoms with Gasteiger partial charge in [0.1, 0.15) is 11.6 Å².